The van der Waals surface area contributed by atoms with Crippen molar-refractivity contribution in [1.29, 1.82) is 0 Å². The maximum absolute atomic E-state index is 6.33. The van der Waals surface area contributed by atoms with Crippen LogP contribution in [0.2, 0.25) is 0 Å². The summed E-state index contributed by atoms with van der Waals surface area (Å²) in [6.07, 6.45) is 2.42. The summed E-state index contributed by atoms with van der Waals surface area (Å²) in [5, 5.41) is 1.34. The zero-order valence-electron chi connectivity index (χ0n) is 9.96. The third-order valence-corrected chi connectivity index (χ3v) is 3.52. The van der Waals surface area contributed by atoms with Crippen LogP contribution in [0.25, 0.3) is 10.9 Å². The second-order valence-corrected chi connectivity index (χ2v) is 5.32. The lowest BCUT2D eigenvalue weighted by Gasteiger charge is -2.20. The molecule has 84 valence electrons. The molecule has 2 nitrogen and oxygen atoms in total. The number of hydrogen-bond acceptors (Lipinski definition) is 1. The van der Waals surface area contributed by atoms with Crippen LogP contribution in [0.1, 0.15) is 31.5 Å². The van der Waals surface area contributed by atoms with E-state index < -0.39 is 0 Å². The SMILES string of the molecule is CC(C)(N)c1c2n(c3ccccc13)CCC2. The fraction of sp³-hybridized carbons (Fsp3) is 0.429. The van der Waals surface area contributed by atoms with Crippen LogP contribution in [-0.2, 0) is 18.5 Å². The minimum atomic E-state index is -0.246. The number of nitrogens with zero attached hydrogens (tertiary/aromatic N) is 1. The molecule has 0 saturated heterocycles. The second-order valence-electron chi connectivity index (χ2n) is 5.32. The Balaban J connectivity index is 2.42. The van der Waals surface area contributed by atoms with Crippen molar-refractivity contribution in [2.45, 2.75) is 38.8 Å². The van der Waals surface area contributed by atoms with Crippen molar-refractivity contribution in [1.82, 2.24) is 4.57 Å². The molecule has 1 aliphatic rings. The molecule has 1 aromatic carbocycles. The van der Waals surface area contributed by atoms with E-state index in [1.807, 2.05) is 0 Å². The van der Waals surface area contributed by atoms with Gasteiger partial charge in [0.1, 0.15) is 0 Å². The van der Waals surface area contributed by atoms with Crippen molar-refractivity contribution >= 4 is 10.9 Å². The summed E-state index contributed by atoms with van der Waals surface area (Å²) in [6, 6.07) is 8.62. The molecule has 0 bridgehead atoms. The minimum Gasteiger partial charge on any atom is -0.344 e. The molecule has 2 aromatic rings. The molecule has 2 N–H and O–H groups in total. The van der Waals surface area contributed by atoms with Gasteiger partial charge in [-0.25, -0.2) is 0 Å². The predicted molar refractivity (Wildman–Crippen MR) is 67.5 cm³/mol. The summed E-state index contributed by atoms with van der Waals surface area (Å²) in [6.45, 7) is 5.35. The third-order valence-electron chi connectivity index (χ3n) is 3.52. The van der Waals surface area contributed by atoms with Crippen LogP contribution in [0.3, 0.4) is 0 Å². The van der Waals surface area contributed by atoms with Gasteiger partial charge in [-0.15, -0.1) is 0 Å². The van der Waals surface area contributed by atoms with Gasteiger partial charge in [-0.1, -0.05) is 18.2 Å². The molecule has 0 spiro atoms. The van der Waals surface area contributed by atoms with E-state index in [0.717, 1.165) is 6.54 Å². The Morgan fingerprint density at radius 1 is 1.25 bits per heavy atom. The van der Waals surface area contributed by atoms with Gasteiger partial charge >= 0.3 is 0 Å². The molecular formula is C14H18N2. The first-order valence-electron chi connectivity index (χ1n) is 5.98. The van der Waals surface area contributed by atoms with E-state index in [4.69, 9.17) is 5.73 Å². The summed E-state index contributed by atoms with van der Waals surface area (Å²) in [5.74, 6) is 0. The van der Waals surface area contributed by atoms with Crippen molar-refractivity contribution in [2.75, 3.05) is 0 Å². The number of hydrogen-bond donors (Lipinski definition) is 1. The smallest absolute Gasteiger partial charge is 0.0486 e. The number of nitrogens with two attached hydrogens (primary N) is 1. The summed E-state index contributed by atoms with van der Waals surface area (Å²) >= 11 is 0. The molecular weight excluding hydrogens is 196 g/mol. The number of aromatic nitrogens is 1. The van der Waals surface area contributed by atoms with Crippen LogP contribution in [0.15, 0.2) is 24.3 Å². The zero-order valence-corrected chi connectivity index (χ0v) is 9.96. The van der Waals surface area contributed by atoms with Gasteiger partial charge in [0.2, 0.25) is 0 Å². The molecule has 1 aliphatic heterocycles. The lowest BCUT2D eigenvalue weighted by atomic mass is 9.91. The highest BCUT2D eigenvalue weighted by atomic mass is 15.0. The summed E-state index contributed by atoms with van der Waals surface area (Å²) in [4.78, 5) is 0. The van der Waals surface area contributed by atoms with E-state index in [9.17, 15) is 0 Å². The third kappa shape index (κ3) is 1.23. The van der Waals surface area contributed by atoms with Crippen molar-refractivity contribution in [2.24, 2.45) is 5.73 Å². The number of para-hydroxylation sites is 1. The van der Waals surface area contributed by atoms with Crippen LogP contribution in [0.4, 0.5) is 0 Å². The molecule has 2 heteroatoms. The Labute approximate surface area is 96.1 Å². The number of benzene rings is 1. The van der Waals surface area contributed by atoms with Gasteiger partial charge in [0, 0.05) is 34.2 Å². The highest BCUT2D eigenvalue weighted by Crippen LogP contribution is 2.36. The van der Waals surface area contributed by atoms with Gasteiger partial charge in [0.25, 0.3) is 0 Å². The van der Waals surface area contributed by atoms with Crippen molar-refractivity contribution in [3.05, 3.63) is 35.5 Å². The molecule has 0 radical (unpaired) electrons. The van der Waals surface area contributed by atoms with Crippen LogP contribution >= 0.6 is 0 Å². The van der Waals surface area contributed by atoms with E-state index in [2.05, 4.69) is 42.7 Å². The Kier molecular flexibility index (Phi) is 1.93. The van der Waals surface area contributed by atoms with Gasteiger partial charge in [-0.2, -0.15) is 0 Å². The fourth-order valence-corrected chi connectivity index (χ4v) is 3.00. The number of fused-ring (bicyclic) bond motifs is 3. The predicted octanol–water partition coefficient (Wildman–Crippen LogP) is 2.78. The van der Waals surface area contributed by atoms with Gasteiger partial charge in [0.15, 0.2) is 0 Å². The van der Waals surface area contributed by atoms with E-state index in [0.29, 0.717) is 0 Å². The first-order chi connectivity index (χ1) is 7.59. The molecule has 16 heavy (non-hydrogen) atoms. The van der Waals surface area contributed by atoms with Gasteiger partial charge in [-0.05, 0) is 32.8 Å². The summed E-state index contributed by atoms with van der Waals surface area (Å²) in [5.41, 5.74) is 10.2. The average Bonchev–Trinajstić information content (AvgIpc) is 2.73. The standard InChI is InChI=1S/C14H18N2/c1-14(2,15)13-10-6-3-4-7-11(10)16-9-5-8-12(13)16/h3-4,6-7H,5,8-9,15H2,1-2H3. The molecule has 2 heterocycles. The van der Waals surface area contributed by atoms with Gasteiger partial charge in [0.05, 0.1) is 0 Å². The fourth-order valence-electron chi connectivity index (χ4n) is 3.00. The van der Waals surface area contributed by atoms with E-state index in [1.54, 1.807) is 0 Å². The van der Waals surface area contributed by atoms with Gasteiger partial charge in [-0.3, -0.25) is 0 Å². The van der Waals surface area contributed by atoms with Crippen LogP contribution in [-0.4, -0.2) is 4.57 Å². The summed E-state index contributed by atoms with van der Waals surface area (Å²) < 4.78 is 2.44. The van der Waals surface area contributed by atoms with Crippen LogP contribution in [0, 0.1) is 0 Å². The molecule has 0 fully saturated rings. The number of aryl methyl sites for hydroxylation is 1. The lowest BCUT2D eigenvalue weighted by molar-refractivity contribution is 0.552. The quantitative estimate of drug-likeness (QED) is 0.777. The van der Waals surface area contributed by atoms with Crippen molar-refractivity contribution in [3.63, 3.8) is 0 Å². The molecule has 0 atom stereocenters. The maximum Gasteiger partial charge on any atom is 0.0486 e. The lowest BCUT2D eigenvalue weighted by Crippen LogP contribution is -2.29. The second kappa shape index (κ2) is 3.11. The normalized spacial score (nSPS) is 15.7. The van der Waals surface area contributed by atoms with E-state index in [1.165, 1.54) is 35.0 Å². The Morgan fingerprint density at radius 2 is 2.00 bits per heavy atom. The Morgan fingerprint density at radius 3 is 2.75 bits per heavy atom. The summed E-state index contributed by atoms with van der Waals surface area (Å²) in [7, 11) is 0. The molecule has 0 saturated carbocycles. The minimum absolute atomic E-state index is 0.246. The van der Waals surface area contributed by atoms with Crippen molar-refractivity contribution < 1.29 is 0 Å². The maximum atomic E-state index is 6.33. The molecule has 0 unspecified atom stereocenters. The van der Waals surface area contributed by atoms with Gasteiger partial charge < -0.3 is 10.3 Å². The first kappa shape index (κ1) is 9.91. The molecule has 0 amide bonds. The monoisotopic (exact) mass is 214 g/mol. The van der Waals surface area contributed by atoms with Crippen LogP contribution in [0.5, 0.6) is 0 Å². The molecule has 1 aromatic heterocycles. The topological polar surface area (TPSA) is 30.9 Å². The Hall–Kier alpha value is -1.28. The molecule has 0 aliphatic carbocycles. The zero-order chi connectivity index (χ0) is 11.3. The first-order valence-corrected chi connectivity index (χ1v) is 5.98. The van der Waals surface area contributed by atoms with E-state index in [-0.39, 0.29) is 5.54 Å². The number of rotatable bonds is 1. The highest BCUT2D eigenvalue weighted by molar-refractivity contribution is 5.87. The molecule has 3 rings (SSSR count). The van der Waals surface area contributed by atoms with Crippen molar-refractivity contribution in [3.8, 4) is 0 Å². The highest BCUT2D eigenvalue weighted by Gasteiger charge is 2.28. The Bertz CT molecular complexity index is 544. The largest absolute Gasteiger partial charge is 0.344 e. The van der Waals surface area contributed by atoms with E-state index >= 15 is 0 Å². The van der Waals surface area contributed by atoms with Crippen LogP contribution < -0.4 is 5.73 Å². The average molecular weight is 214 g/mol.